The van der Waals surface area contributed by atoms with Crippen LogP contribution in [0.3, 0.4) is 0 Å². The molecule has 7 aromatic rings. The van der Waals surface area contributed by atoms with Crippen LogP contribution in [0.5, 0.6) is 0 Å². The first-order valence-electron chi connectivity index (χ1n) is 16.7. The molecular weight excluding hydrogens is 585 g/mol. The Labute approximate surface area is 279 Å². The first-order valence-corrected chi connectivity index (χ1v) is 16.7. The van der Waals surface area contributed by atoms with E-state index in [1.165, 1.54) is 55.4 Å². The largest absolute Gasteiger partial charge is 0.370 e. The molecule has 4 nitrogen and oxygen atoms in total. The number of hydrogen-bond acceptors (Lipinski definition) is 3. The Hall–Kier alpha value is -6.13. The van der Waals surface area contributed by atoms with Gasteiger partial charge in [-0.05, 0) is 76.9 Å². The maximum Gasteiger partial charge on any atom is 0.137 e. The second-order valence-electron chi connectivity index (χ2n) is 12.8. The number of rotatable bonds is 3. The molecule has 228 valence electrons. The van der Waals surface area contributed by atoms with E-state index < -0.39 is 0 Å². The summed E-state index contributed by atoms with van der Waals surface area (Å²) < 4.78 is 2.37. The van der Waals surface area contributed by atoms with E-state index >= 15 is 0 Å². The molecule has 0 amide bonds. The number of benzene rings is 6. The zero-order valence-corrected chi connectivity index (χ0v) is 26.2. The molecular formula is C44H32N4. The fourth-order valence-corrected chi connectivity index (χ4v) is 7.97. The van der Waals surface area contributed by atoms with Crippen molar-refractivity contribution in [1.82, 2.24) is 4.57 Å². The van der Waals surface area contributed by atoms with Gasteiger partial charge in [0, 0.05) is 28.1 Å². The van der Waals surface area contributed by atoms with Gasteiger partial charge in [0.1, 0.15) is 11.9 Å². The summed E-state index contributed by atoms with van der Waals surface area (Å²) in [5.74, 6) is 1.25. The molecule has 0 fully saturated rings. The topological polar surface area (TPSA) is 32.6 Å². The van der Waals surface area contributed by atoms with E-state index in [0.717, 1.165) is 17.2 Å². The lowest BCUT2D eigenvalue weighted by atomic mass is 9.89. The standard InChI is InChI=1S/C44H32N4/c1-3-13-29(14-4-1)43-44(46-38-20-10-9-19-37(38)45-43)48-40-22-12-8-18-34(40)36-28-31(24-26-42(36)48)30-23-25-41-35(27-30)33-17-7-11-21-39(33)47(41)32-15-5-2-6-16-32/h1-28,34,40,43,45H. The fourth-order valence-electron chi connectivity index (χ4n) is 7.97. The Morgan fingerprint density at radius 2 is 1.29 bits per heavy atom. The van der Waals surface area contributed by atoms with Crippen LogP contribution in [-0.2, 0) is 0 Å². The highest BCUT2D eigenvalue weighted by molar-refractivity contribution is 6.11. The Kier molecular flexibility index (Phi) is 6.03. The first-order chi connectivity index (χ1) is 23.8. The maximum atomic E-state index is 5.37. The summed E-state index contributed by atoms with van der Waals surface area (Å²) in [6.07, 6.45) is 9.06. The lowest BCUT2D eigenvalue weighted by Gasteiger charge is -2.37. The molecule has 2 aliphatic heterocycles. The van der Waals surface area contributed by atoms with Gasteiger partial charge in [-0.2, -0.15) is 0 Å². The Bertz CT molecular complexity index is 2450. The number of anilines is 2. The van der Waals surface area contributed by atoms with E-state index in [1.807, 2.05) is 0 Å². The summed E-state index contributed by atoms with van der Waals surface area (Å²) in [6, 6.07) is 52.4. The highest BCUT2D eigenvalue weighted by Crippen LogP contribution is 2.49. The van der Waals surface area contributed by atoms with Crippen LogP contribution in [0.2, 0.25) is 0 Å². The van der Waals surface area contributed by atoms with Gasteiger partial charge >= 0.3 is 0 Å². The Morgan fingerprint density at radius 3 is 2.19 bits per heavy atom. The van der Waals surface area contributed by atoms with Crippen LogP contribution in [-0.4, -0.2) is 16.4 Å². The van der Waals surface area contributed by atoms with Crippen LogP contribution in [0.25, 0.3) is 38.6 Å². The molecule has 0 radical (unpaired) electrons. The van der Waals surface area contributed by atoms with Gasteiger partial charge in [0.15, 0.2) is 0 Å². The molecule has 0 saturated carbocycles. The zero-order valence-electron chi connectivity index (χ0n) is 26.2. The molecule has 1 aromatic heterocycles. The SMILES string of the molecule is C1=CC2c3cc(-c4ccc5c(c4)c4ccccc4n5-c4ccccc4)ccc3N(C3=Nc4ccccc4NC3c3ccccc3)C2C=C1. The molecule has 0 saturated heterocycles. The van der Waals surface area contributed by atoms with Crippen molar-refractivity contribution < 1.29 is 0 Å². The normalized spacial score (nSPS) is 19.1. The van der Waals surface area contributed by atoms with Crippen LogP contribution in [0.1, 0.15) is 23.1 Å². The number of allylic oxidation sites excluding steroid dienone is 2. The highest BCUT2D eigenvalue weighted by Gasteiger charge is 2.42. The number of para-hydroxylation sites is 4. The molecule has 4 heteroatoms. The van der Waals surface area contributed by atoms with Crippen molar-refractivity contribution in [2.24, 2.45) is 4.99 Å². The zero-order chi connectivity index (χ0) is 31.6. The lowest BCUT2D eigenvalue weighted by molar-refractivity contribution is 0.743. The molecule has 0 spiro atoms. The van der Waals surface area contributed by atoms with Crippen LogP contribution in [0.15, 0.2) is 175 Å². The van der Waals surface area contributed by atoms with E-state index in [-0.39, 0.29) is 18.0 Å². The minimum absolute atomic E-state index is 0.0731. The Morgan fingerprint density at radius 1 is 0.583 bits per heavy atom. The number of fused-ring (bicyclic) bond motifs is 7. The molecule has 1 N–H and O–H groups in total. The van der Waals surface area contributed by atoms with Crippen molar-refractivity contribution in [2.75, 3.05) is 10.2 Å². The molecule has 3 aliphatic rings. The molecule has 48 heavy (non-hydrogen) atoms. The summed E-state index contributed by atoms with van der Waals surface area (Å²) in [5, 5.41) is 6.36. The van der Waals surface area contributed by atoms with Crippen LogP contribution in [0, 0.1) is 0 Å². The molecule has 1 aliphatic carbocycles. The van der Waals surface area contributed by atoms with Crippen molar-refractivity contribution in [3.05, 3.63) is 181 Å². The minimum Gasteiger partial charge on any atom is -0.370 e. The van der Waals surface area contributed by atoms with Gasteiger partial charge in [-0.15, -0.1) is 0 Å². The van der Waals surface area contributed by atoms with Crippen molar-refractivity contribution in [2.45, 2.75) is 18.0 Å². The van der Waals surface area contributed by atoms with Crippen LogP contribution in [0.4, 0.5) is 17.1 Å². The van der Waals surface area contributed by atoms with Gasteiger partial charge in [0.05, 0.1) is 28.5 Å². The van der Waals surface area contributed by atoms with E-state index in [4.69, 9.17) is 4.99 Å². The predicted molar refractivity (Wildman–Crippen MR) is 200 cm³/mol. The van der Waals surface area contributed by atoms with E-state index in [9.17, 15) is 0 Å². The number of nitrogens with one attached hydrogen (secondary N) is 1. The molecule has 6 aromatic carbocycles. The molecule has 3 atom stereocenters. The molecule has 10 rings (SSSR count). The second kappa shape index (κ2) is 10.7. The van der Waals surface area contributed by atoms with Gasteiger partial charge in [-0.1, -0.05) is 115 Å². The number of aromatic nitrogens is 1. The summed E-state index contributed by atoms with van der Waals surface area (Å²) in [5.41, 5.74) is 11.8. The lowest BCUT2D eigenvalue weighted by Crippen LogP contribution is -2.44. The van der Waals surface area contributed by atoms with Gasteiger partial charge < -0.3 is 14.8 Å². The number of aliphatic imine (C=N–C) groups is 1. The third kappa shape index (κ3) is 4.12. The van der Waals surface area contributed by atoms with Crippen LogP contribution >= 0.6 is 0 Å². The summed E-state index contributed by atoms with van der Waals surface area (Å²) in [6.45, 7) is 0. The fraction of sp³-hybridized carbons (Fsp3) is 0.0682. The van der Waals surface area contributed by atoms with Crippen molar-refractivity contribution in [3.8, 4) is 16.8 Å². The smallest absolute Gasteiger partial charge is 0.137 e. The average Bonchev–Trinajstić information content (AvgIpc) is 3.67. The second-order valence-corrected chi connectivity index (χ2v) is 12.8. The monoisotopic (exact) mass is 616 g/mol. The number of hydrogen-bond donors (Lipinski definition) is 1. The Balaban J connectivity index is 1.12. The van der Waals surface area contributed by atoms with Gasteiger partial charge in [-0.3, -0.25) is 0 Å². The predicted octanol–water partition coefficient (Wildman–Crippen LogP) is 10.7. The van der Waals surface area contributed by atoms with Crippen molar-refractivity contribution >= 4 is 44.7 Å². The summed E-state index contributed by atoms with van der Waals surface area (Å²) >= 11 is 0. The minimum atomic E-state index is -0.0731. The maximum absolute atomic E-state index is 5.37. The molecule has 3 unspecified atom stereocenters. The van der Waals surface area contributed by atoms with E-state index in [2.05, 4.69) is 185 Å². The van der Waals surface area contributed by atoms with Gasteiger partial charge in [-0.25, -0.2) is 4.99 Å². The third-order valence-corrected chi connectivity index (χ3v) is 10.1. The first kappa shape index (κ1) is 27.0. The van der Waals surface area contributed by atoms with Crippen LogP contribution < -0.4 is 10.2 Å². The summed E-state index contributed by atoms with van der Waals surface area (Å²) in [4.78, 5) is 7.84. The molecule has 3 heterocycles. The summed E-state index contributed by atoms with van der Waals surface area (Å²) in [7, 11) is 0. The highest BCUT2D eigenvalue weighted by atomic mass is 15.3. The van der Waals surface area contributed by atoms with Gasteiger partial charge in [0.2, 0.25) is 0 Å². The van der Waals surface area contributed by atoms with Crippen molar-refractivity contribution in [1.29, 1.82) is 0 Å². The van der Waals surface area contributed by atoms with Gasteiger partial charge in [0.25, 0.3) is 0 Å². The van der Waals surface area contributed by atoms with E-state index in [0.29, 0.717) is 0 Å². The van der Waals surface area contributed by atoms with Crippen molar-refractivity contribution in [3.63, 3.8) is 0 Å². The number of nitrogens with zero attached hydrogens (tertiary/aromatic N) is 3. The number of amidine groups is 1. The average molecular weight is 617 g/mol. The van der Waals surface area contributed by atoms with E-state index in [1.54, 1.807) is 0 Å². The quantitative estimate of drug-likeness (QED) is 0.214. The molecule has 0 bridgehead atoms. The third-order valence-electron chi connectivity index (χ3n) is 10.1.